The highest BCUT2D eigenvalue weighted by molar-refractivity contribution is 7.09. The zero-order valence-corrected chi connectivity index (χ0v) is 12.4. The molecule has 1 heterocycles. The molecule has 0 bridgehead atoms. The maximum atomic E-state index is 12.0. The number of amides is 1. The van der Waals surface area contributed by atoms with E-state index in [4.69, 9.17) is 16.7 Å². The molecule has 6 nitrogen and oxygen atoms in total. The molecule has 0 aliphatic carbocycles. The smallest absolute Gasteiger partial charge is 0.355 e. The summed E-state index contributed by atoms with van der Waals surface area (Å²) < 4.78 is 0. The Bertz CT molecular complexity index is 701. The van der Waals surface area contributed by atoms with E-state index in [1.807, 2.05) is 0 Å². The number of aromatic hydroxyl groups is 1. The molecule has 1 aromatic heterocycles. The quantitative estimate of drug-likeness (QED) is 0.802. The number of aromatic nitrogens is 1. The molecule has 0 fully saturated rings. The number of hydrogen-bond donors (Lipinski definition) is 3. The van der Waals surface area contributed by atoms with Crippen molar-refractivity contribution in [1.82, 2.24) is 10.3 Å². The molecule has 1 atom stereocenters. The number of phenolic OH excluding ortho intramolecular Hbond substituents is 1. The van der Waals surface area contributed by atoms with E-state index in [1.54, 1.807) is 6.92 Å². The van der Waals surface area contributed by atoms with E-state index in [9.17, 15) is 14.7 Å². The number of phenols is 1. The SMILES string of the molecule is CC(NC(=O)c1ccc(O)c(Cl)c1)c1nc(C(=O)O)cs1. The summed E-state index contributed by atoms with van der Waals surface area (Å²) in [4.78, 5) is 26.7. The molecule has 1 aromatic carbocycles. The van der Waals surface area contributed by atoms with Gasteiger partial charge in [0.05, 0.1) is 11.1 Å². The summed E-state index contributed by atoms with van der Waals surface area (Å²) in [6.45, 7) is 1.70. The van der Waals surface area contributed by atoms with Crippen molar-refractivity contribution in [1.29, 1.82) is 0 Å². The average molecular weight is 327 g/mol. The van der Waals surface area contributed by atoms with Crippen LogP contribution in [-0.4, -0.2) is 27.1 Å². The Kier molecular flexibility index (Phi) is 4.44. The van der Waals surface area contributed by atoms with Gasteiger partial charge in [0.1, 0.15) is 10.8 Å². The standard InChI is InChI=1S/C13H11ClN2O4S/c1-6(12-16-9(5-21-12)13(19)20)15-11(18)7-2-3-10(17)8(14)4-7/h2-6,17H,1H3,(H,15,18)(H,19,20). The Morgan fingerprint density at radius 1 is 1.43 bits per heavy atom. The second-order valence-electron chi connectivity index (χ2n) is 4.24. The third-order valence-corrected chi connectivity index (χ3v) is 4.00. The maximum absolute atomic E-state index is 12.0. The summed E-state index contributed by atoms with van der Waals surface area (Å²) in [6, 6.07) is 3.67. The van der Waals surface area contributed by atoms with Gasteiger partial charge in [-0.05, 0) is 25.1 Å². The van der Waals surface area contributed by atoms with E-state index in [0.29, 0.717) is 10.6 Å². The maximum Gasteiger partial charge on any atom is 0.355 e. The topological polar surface area (TPSA) is 99.5 Å². The van der Waals surface area contributed by atoms with Crippen molar-refractivity contribution in [3.8, 4) is 5.75 Å². The number of carboxylic acids is 1. The summed E-state index contributed by atoms with van der Waals surface area (Å²) in [5, 5.41) is 22.8. The Morgan fingerprint density at radius 2 is 2.14 bits per heavy atom. The Balaban J connectivity index is 2.10. The van der Waals surface area contributed by atoms with E-state index < -0.39 is 17.9 Å². The first-order chi connectivity index (χ1) is 9.88. The van der Waals surface area contributed by atoms with Crippen LogP contribution in [0.5, 0.6) is 5.75 Å². The van der Waals surface area contributed by atoms with Crippen LogP contribution in [0.15, 0.2) is 23.6 Å². The fraction of sp³-hybridized carbons (Fsp3) is 0.154. The first kappa shape index (κ1) is 15.3. The van der Waals surface area contributed by atoms with E-state index in [1.165, 1.54) is 23.6 Å². The normalized spacial score (nSPS) is 11.9. The van der Waals surface area contributed by atoms with Gasteiger partial charge in [-0.3, -0.25) is 4.79 Å². The van der Waals surface area contributed by atoms with Gasteiger partial charge >= 0.3 is 5.97 Å². The lowest BCUT2D eigenvalue weighted by molar-refractivity contribution is 0.0691. The lowest BCUT2D eigenvalue weighted by atomic mass is 10.2. The summed E-state index contributed by atoms with van der Waals surface area (Å²) in [6.07, 6.45) is 0. The first-order valence-corrected chi connectivity index (χ1v) is 7.12. The summed E-state index contributed by atoms with van der Waals surface area (Å²) in [7, 11) is 0. The lowest BCUT2D eigenvalue weighted by Gasteiger charge is -2.11. The number of nitrogens with zero attached hydrogens (tertiary/aromatic N) is 1. The van der Waals surface area contributed by atoms with Crippen molar-refractivity contribution in [2.24, 2.45) is 0 Å². The van der Waals surface area contributed by atoms with Crippen molar-refractivity contribution in [2.75, 3.05) is 0 Å². The van der Waals surface area contributed by atoms with Gasteiger partial charge in [0.2, 0.25) is 0 Å². The third kappa shape index (κ3) is 3.50. The number of nitrogens with one attached hydrogen (secondary N) is 1. The van der Waals surface area contributed by atoms with Crippen LogP contribution in [0.2, 0.25) is 5.02 Å². The fourth-order valence-corrected chi connectivity index (χ4v) is 2.56. The zero-order chi connectivity index (χ0) is 15.6. The minimum Gasteiger partial charge on any atom is -0.506 e. The van der Waals surface area contributed by atoms with Crippen molar-refractivity contribution in [3.05, 3.63) is 44.9 Å². The highest BCUT2D eigenvalue weighted by Gasteiger charge is 2.17. The minimum absolute atomic E-state index is 0.0521. The Labute approximate surface area is 129 Å². The van der Waals surface area contributed by atoms with E-state index in [0.717, 1.165) is 11.3 Å². The molecule has 0 aliphatic heterocycles. The van der Waals surface area contributed by atoms with Crippen LogP contribution in [0.1, 0.15) is 38.8 Å². The van der Waals surface area contributed by atoms with Gasteiger partial charge in [-0.15, -0.1) is 11.3 Å². The van der Waals surface area contributed by atoms with E-state index in [-0.39, 0.29) is 16.5 Å². The van der Waals surface area contributed by atoms with Crippen LogP contribution in [0.4, 0.5) is 0 Å². The Morgan fingerprint density at radius 3 is 2.71 bits per heavy atom. The first-order valence-electron chi connectivity index (χ1n) is 5.86. The van der Waals surface area contributed by atoms with Gasteiger partial charge in [-0.2, -0.15) is 0 Å². The second-order valence-corrected chi connectivity index (χ2v) is 5.53. The number of halogens is 1. The molecule has 0 radical (unpaired) electrons. The summed E-state index contributed by atoms with van der Waals surface area (Å²) in [5.74, 6) is -1.61. The van der Waals surface area contributed by atoms with Crippen LogP contribution >= 0.6 is 22.9 Å². The highest BCUT2D eigenvalue weighted by atomic mass is 35.5. The molecule has 1 amide bonds. The number of rotatable bonds is 4. The third-order valence-electron chi connectivity index (χ3n) is 2.67. The number of carboxylic acid groups (broad SMARTS) is 1. The number of carbonyl (C=O) groups is 2. The van der Waals surface area contributed by atoms with Gasteiger partial charge < -0.3 is 15.5 Å². The van der Waals surface area contributed by atoms with Crippen LogP contribution < -0.4 is 5.32 Å². The summed E-state index contributed by atoms with van der Waals surface area (Å²) >= 11 is 6.90. The second kappa shape index (κ2) is 6.11. The molecule has 8 heteroatoms. The molecule has 110 valence electrons. The van der Waals surface area contributed by atoms with Gasteiger partial charge in [-0.25, -0.2) is 9.78 Å². The predicted octanol–water partition coefficient (Wildman–Crippen LogP) is 2.69. The number of carbonyl (C=O) groups excluding carboxylic acids is 1. The zero-order valence-electron chi connectivity index (χ0n) is 10.8. The van der Waals surface area contributed by atoms with E-state index >= 15 is 0 Å². The molecule has 0 saturated heterocycles. The Hall–Kier alpha value is -2.12. The molecule has 2 aromatic rings. The monoisotopic (exact) mass is 326 g/mol. The van der Waals surface area contributed by atoms with Crippen molar-refractivity contribution < 1.29 is 19.8 Å². The van der Waals surface area contributed by atoms with Gasteiger partial charge in [-0.1, -0.05) is 11.6 Å². The van der Waals surface area contributed by atoms with Crippen LogP contribution in [0.3, 0.4) is 0 Å². The minimum atomic E-state index is -1.11. The van der Waals surface area contributed by atoms with Crippen molar-refractivity contribution in [3.63, 3.8) is 0 Å². The molecular weight excluding hydrogens is 316 g/mol. The van der Waals surface area contributed by atoms with Gasteiger partial charge in [0.15, 0.2) is 5.69 Å². The number of hydrogen-bond acceptors (Lipinski definition) is 5. The number of aromatic carboxylic acids is 1. The van der Waals surface area contributed by atoms with Gasteiger partial charge in [0.25, 0.3) is 5.91 Å². The largest absolute Gasteiger partial charge is 0.506 e. The molecule has 2 rings (SSSR count). The molecule has 0 aliphatic rings. The molecular formula is C13H11ClN2O4S. The molecule has 3 N–H and O–H groups in total. The molecule has 0 saturated carbocycles. The molecule has 21 heavy (non-hydrogen) atoms. The number of benzene rings is 1. The van der Waals surface area contributed by atoms with Gasteiger partial charge in [0, 0.05) is 10.9 Å². The average Bonchev–Trinajstić information content (AvgIpc) is 2.91. The van der Waals surface area contributed by atoms with Crippen LogP contribution in [-0.2, 0) is 0 Å². The van der Waals surface area contributed by atoms with Crippen molar-refractivity contribution >= 4 is 34.8 Å². The molecule has 0 spiro atoms. The fourth-order valence-electron chi connectivity index (χ4n) is 1.57. The highest BCUT2D eigenvalue weighted by Crippen LogP contribution is 2.24. The van der Waals surface area contributed by atoms with Crippen molar-refractivity contribution in [2.45, 2.75) is 13.0 Å². The lowest BCUT2D eigenvalue weighted by Crippen LogP contribution is -2.26. The molecule has 1 unspecified atom stereocenters. The van der Waals surface area contributed by atoms with E-state index in [2.05, 4.69) is 10.3 Å². The predicted molar refractivity (Wildman–Crippen MR) is 78.1 cm³/mol. The van der Waals surface area contributed by atoms with Crippen LogP contribution in [0.25, 0.3) is 0 Å². The summed E-state index contributed by atoms with van der Waals surface area (Å²) in [5.41, 5.74) is 0.239. The number of thiazole rings is 1. The van der Waals surface area contributed by atoms with Crippen LogP contribution in [0, 0.1) is 0 Å².